The van der Waals surface area contributed by atoms with Crippen LogP contribution in [0.2, 0.25) is 0 Å². The summed E-state index contributed by atoms with van der Waals surface area (Å²) < 4.78 is 6.75. The van der Waals surface area contributed by atoms with Crippen LogP contribution in [0.4, 0.5) is 4.79 Å². The molecule has 1 aliphatic heterocycles. The molecule has 1 aromatic carbocycles. The van der Waals surface area contributed by atoms with Crippen molar-refractivity contribution in [3.63, 3.8) is 0 Å². The van der Waals surface area contributed by atoms with E-state index < -0.39 is 12.1 Å². The molecule has 0 bridgehead atoms. The molecule has 0 aliphatic carbocycles. The first-order valence-corrected chi connectivity index (χ1v) is 7.25. The molecule has 120 valence electrons. The predicted molar refractivity (Wildman–Crippen MR) is 80.2 cm³/mol. The number of alkyl carbamates (subject to hydrolysis) is 1. The van der Waals surface area contributed by atoms with Crippen molar-refractivity contribution in [3.8, 4) is 0 Å². The summed E-state index contributed by atoms with van der Waals surface area (Å²) in [6.07, 6.45) is 0.971. The number of hydrogen-bond donors (Lipinski definition) is 2. The van der Waals surface area contributed by atoms with Gasteiger partial charge in [0.25, 0.3) is 0 Å². The first-order chi connectivity index (χ1) is 11.1. The number of hydrogen-bond acceptors (Lipinski definition) is 5. The fraction of sp³-hybridized carbons (Fsp3) is 0.333. The Balaban J connectivity index is 1.49. The first-order valence-electron chi connectivity index (χ1n) is 7.25. The highest BCUT2D eigenvalue weighted by atomic mass is 16.5. The van der Waals surface area contributed by atoms with Crippen molar-refractivity contribution in [2.24, 2.45) is 0 Å². The van der Waals surface area contributed by atoms with Crippen molar-refractivity contribution < 1.29 is 14.3 Å². The van der Waals surface area contributed by atoms with E-state index in [1.165, 1.54) is 0 Å². The van der Waals surface area contributed by atoms with Crippen LogP contribution in [0.1, 0.15) is 11.4 Å². The van der Waals surface area contributed by atoms with Crippen LogP contribution < -0.4 is 10.6 Å². The maximum Gasteiger partial charge on any atom is 0.408 e. The summed E-state index contributed by atoms with van der Waals surface area (Å²) in [6.45, 7) is 2.39. The van der Waals surface area contributed by atoms with E-state index >= 15 is 0 Å². The predicted octanol–water partition coefficient (Wildman–Crippen LogP) is 0.380. The molecule has 0 saturated carbocycles. The van der Waals surface area contributed by atoms with Gasteiger partial charge in [0.2, 0.25) is 5.91 Å². The fourth-order valence-electron chi connectivity index (χ4n) is 2.33. The lowest BCUT2D eigenvalue weighted by Crippen LogP contribution is -2.70. The lowest BCUT2D eigenvalue weighted by atomic mass is 9.99. The number of amides is 2. The zero-order chi connectivity index (χ0) is 16.2. The number of aromatic nitrogens is 3. The molecule has 2 N–H and O–H groups in total. The van der Waals surface area contributed by atoms with Gasteiger partial charge in [-0.05, 0) is 12.5 Å². The summed E-state index contributed by atoms with van der Waals surface area (Å²) in [5, 5.41) is 9.47. The first kappa shape index (κ1) is 15.0. The van der Waals surface area contributed by atoms with E-state index in [9.17, 15) is 9.59 Å². The highest BCUT2D eigenvalue weighted by molar-refractivity contribution is 5.92. The van der Waals surface area contributed by atoms with Gasteiger partial charge in [0.05, 0.1) is 12.6 Å². The number of β-lactam (4-membered cyclic amide) rings is 1. The van der Waals surface area contributed by atoms with E-state index in [-0.39, 0.29) is 18.6 Å². The van der Waals surface area contributed by atoms with Crippen molar-refractivity contribution in [3.05, 3.63) is 48.0 Å². The lowest BCUT2D eigenvalue weighted by Gasteiger charge is -2.36. The van der Waals surface area contributed by atoms with Crippen LogP contribution in [0.5, 0.6) is 0 Å². The minimum absolute atomic E-state index is 0.161. The molecule has 2 heterocycles. The van der Waals surface area contributed by atoms with E-state index in [4.69, 9.17) is 4.74 Å². The van der Waals surface area contributed by atoms with Crippen LogP contribution in [0.15, 0.2) is 36.7 Å². The molecular weight excluding hydrogens is 298 g/mol. The van der Waals surface area contributed by atoms with E-state index in [1.807, 2.05) is 30.3 Å². The van der Waals surface area contributed by atoms with Crippen LogP contribution in [0.3, 0.4) is 0 Å². The molecule has 23 heavy (non-hydrogen) atoms. The smallest absolute Gasteiger partial charge is 0.408 e. The quantitative estimate of drug-likeness (QED) is 0.777. The Labute approximate surface area is 132 Å². The topological polar surface area (TPSA) is 98.1 Å². The van der Waals surface area contributed by atoms with Crippen molar-refractivity contribution in [2.75, 3.05) is 0 Å². The minimum Gasteiger partial charge on any atom is -0.445 e. The molecule has 3 rings (SSSR count). The molecule has 2 aromatic rings. The summed E-state index contributed by atoms with van der Waals surface area (Å²) in [7, 11) is 0. The molecule has 0 unspecified atom stereocenters. The molecular formula is C15H17N5O3. The Morgan fingerprint density at radius 2 is 2.17 bits per heavy atom. The van der Waals surface area contributed by atoms with Crippen LogP contribution in [0, 0.1) is 6.92 Å². The molecule has 0 spiro atoms. The number of benzene rings is 1. The standard InChI is InChI=1S/C15H17N5O3/c1-10-16-9-20(19-10)7-12-13(14(21)17-12)18-15(22)23-8-11-5-3-2-4-6-11/h2-6,9,12-13H,7-8H2,1H3,(H,17,21)(H,18,22)/t12-,13+/m1/s1. The SMILES string of the molecule is Cc1ncn(C[C@H]2NC(=O)[C@H]2NC(=O)OCc2ccccc2)n1. The average molecular weight is 315 g/mol. The third kappa shape index (κ3) is 3.65. The monoisotopic (exact) mass is 315 g/mol. The normalized spacial score (nSPS) is 19.6. The lowest BCUT2D eigenvalue weighted by molar-refractivity contribution is -0.131. The van der Waals surface area contributed by atoms with Crippen LogP contribution >= 0.6 is 0 Å². The number of nitrogens with zero attached hydrogens (tertiary/aromatic N) is 3. The van der Waals surface area contributed by atoms with Crippen molar-refractivity contribution in [1.82, 2.24) is 25.4 Å². The molecule has 1 aromatic heterocycles. The summed E-state index contributed by atoms with van der Waals surface area (Å²) in [6, 6.07) is 8.49. The van der Waals surface area contributed by atoms with Gasteiger partial charge in [-0.25, -0.2) is 9.78 Å². The van der Waals surface area contributed by atoms with Crippen LogP contribution in [-0.2, 0) is 22.7 Å². The molecule has 2 atom stereocenters. The Kier molecular flexibility index (Phi) is 4.22. The average Bonchev–Trinajstić information content (AvgIpc) is 2.96. The second-order valence-corrected chi connectivity index (χ2v) is 5.31. The maximum absolute atomic E-state index is 11.8. The van der Waals surface area contributed by atoms with Crippen molar-refractivity contribution in [1.29, 1.82) is 0 Å². The van der Waals surface area contributed by atoms with Crippen molar-refractivity contribution >= 4 is 12.0 Å². The Hall–Kier alpha value is -2.90. The number of rotatable bonds is 5. The molecule has 1 saturated heterocycles. The van der Waals surface area contributed by atoms with Crippen molar-refractivity contribution in [2.45, 2.75) is 32.2 Å². The van der Waals surface area contributed by atoms with Gasteiger partial charge in [-0.1, -0.05) is 30.3 Å². The number of ether oxygens (including phenoxy) is 1. The summed E-state index contributed by atoms with van der Waals surface area (Å²) in [5.74, 6) is 0.422. The number of aryl methyl sites for hydroxylation is 1. The van der Waals surface area contributed by atoms with E-state index in [0.717, 1.165) is 5.56 Å². The van der Waals surface area contributed by atoms with Gasteiger partial charge in [-0.2, -0.15) is 5.10 Å². The Morgan fingerprint density at radius 1 is 1.39 bits per heavy atom. The fourth-order valence-corrected chi connectivity index (χ4v) is 2.33. The number of carbonyl (C=O) groups excluding carboxylic acids is 2. The second-order valence-electron chi connectivity index (χ2n) is 5.31. The third-order valence-corrected chi connectivity index (χ3v) is 3.53. The van der Waals surface area contributed by atoms with E-state index in [0.29, 0.717) is 12.4 Å². The molecule has 1 aliphatic rings. The molecule has 0 radical (unpaired) electrons. The van der Waals surface area contributed by atoms with Gasteiger partial charge in [0, 0.05) is 0 Å². The van der Waals surface area contributed by atoms with Gasteiger partial charge in [0.15, 0.2) is 0 Å². The molecule has 2 amide bonds. The van der Waals surface area contributed by atoms with Gasteiger partial charge < -0.3 is 15.4 Å². The highest BCUT2D eigenvalue weighted by Crippen LogP contribution is 2.09. The van der Waals surface area contributed by atoms with E-state index in [2.05, 4.69) is 20.7 Å². The zero-order valence-electron chi connectivity index (χ0n) is 12.6. The zero-order valence-corrected chi connectivity index (χ0v) is 12.6. The maximum atomic E-state index is 11.8. The van der Waals surface area contributed by atoms with Gasteiger partial charge in [0.1, 0.15) is 24.8 Å². The van der Waals surface area contributed by atoms with Gasteiger partial charge in [-0.3, -0.25) is 9.48 Å². The second kappa shape index (κ2) is 6.47. The van der Waals surface area contributed by atoms with Gasteiger partial charge in [-0.15, -0.1) is 0 Å². The largest absolute Gasteiger partial charge is 0.445 e. The van der Waals surface area contributed by atoms with Crippen LogP contribution in [-0.4, -0.2) is 38.8 Å². The Morgan fingerprint density at radius 3 is 2.83 bits per heavy atom. The highest BCUT2D eigenvalue weighted by Gasteiger charge is 2.41. The van der Waals surface area contributed by atoms with E-state index in [1.54, 1.807) is 17.9 Å². The number of carbonyl (C=O) groups is 2. The van der Waals surface area contributed by atoms with Gasteiger partial charge >= 0.3 is 6.09 Å². The summed E-state index contributed by atoms with van der Waals surface area (Å²) >= 11 is 0. The Bertz CT molecular complexity index is 700. The summed E-state index contributed by atoms with van der Waals surface area (Å²) in [5.41, 5.74) is 0.885. The molecule has 1 fully saturated rings. The molecule has 8 nitrogen and oxygen atoms in total. The summed E-state index contributed by atoms with van der Waals surface area (Å²) in [4.78, 5) is 27.5. The minimum atomic E-state index is -0.622. The third-order valence-electron chi connectivity index (χ3n) is 3.53. The number of nitrogens with one attached hydrogen (secondary N) is 2. The molecule has 8 heteroatoms. The van der Waals surface area contributed by atoms with Crippen LogP contribution in [0.25, 0.3) is 0 Å².